The molecule has 1 saturated carbocycles. The third-order valence-corrected chi connectivity index (χ3v) is 4.13. The fourth-order valence-corrected chi connectivity index (χ4v) is 2.49. The van der Waals surface area contributed by atoms with Crippen LogP contribution in [-0.2, 0) is 6.54 Å². The van der Waals surface area contributed by atoms with E-state index in [0.717, 1.165) is 31.4 Å². The maximum absolute atomic E-state index is 5.52. The summed E-state index contributed by atoms with van der Waals surface area (Å²) in [5.74, 6) is 1.77. The number of hydrogen-bond donors (Lipinski definition) is 1. The van der Waals surface area contributed by atoms with Crippen molar-refractivity contribution < 1.29 is 4.74 Å². The summed E-state index contributed by atoms with van der Waals surface area (Å²) in [6.45, 7) is 9.51. The molecule has 0 spiro atoms. The van der Waals surface area contributed by atoms with Crippen LogP contribution in [-0.4, -0.2) is 13.2 Å². The summed E-state index contributed by atoms with van der Waals surface area (Å²) in [4.78, 5) is 0. The smallest absolute Gasteiger partial charge is 0.119 e. The molecule has 1 aliphatic carbocycles. The Morgan fingerprint density at radius 2 is 2.11 bits per heavy atom. The van der Waals surface area contributed by atoms with Crippen LogP contribution in [0.1, 0.15) is 39.2 Å². The fourth-order valence-electron chi connectivity index (χ4n) is 2.49. The van der Waals surface area contributed by atoms with Gasteiger partial charge in [-0.15, -0.1) is 0 Å². The molecule has 0 aliphatic heterocycles. The van der Waals surface area contributed by atoms with Gasteiger partial charge in [-0.3, -0.25) is 0 Å². The van der Waals surface area contributed by atoms with Gasteiger partial charge >= 0.3 is 0 Å². The summed E-state index contributed by atoms with van der Waals surface area (Å²) in [6, 6.07) is 8.37. The van der Waals surface area contributed by atoms with Crippen molar-refractivity contribution in [1.82, 2.24) is 5.32 Å². The van der Waals surface area contributed by atoms with E-state index in [1.165, 1.54) is 18.4 Å². The number of benzene rings is 1. The third kappa shape index (κ3) is 3.26. The normalized spacial score (nSPS) is 16.9. The van der Waals surface area contributed by atoms with Gasteiger partial charge in [-0.25, -0.2) is 0 Å². The van der Waals surface area contributed by atoms with Gasteiger partial charge in [-0.2, -0.15) is 0 Å². The van der Waals surface area contributed by atoms with Crippen molar-refractivity contribution in [3.05, 3.63) is 29.8 Å². The molecule has 2 nitrogen and oxygen atoms in total. The highest BCUT2D eigenvalue weighted by atomic mass is 16.5. The lowest BCUT2D eigenvalue weighted by atomic mass is 9.92. The summed E-state index contributed by atoms with van der Waals surface area (Å²) >= 11 is 0. The van der Waals surface area contributed by atoms with Gasteiger partial charge in [0.25, 0.3) is 0 Å². The van der Waals surface area contributed by atoms with Crippen molar-refractivity contribution in [3.8, 4) is 5.75 Å². The molecule has 2 heteroatoms. The van der Waals surface area contributed by atoms with E-state index in [4.69, 9.17) is 4.74 Å². The number of ether oxygens (including phenoxy) is 1. The maximum Gasteiger partial charge on any atom is 0.119 e. The molecule has 0 radical (unpaired) electrons. The first kappa shape index (κ1) is 13.4. The van der Waals surface area contributed by atoms with Crippen molar-refractivity contribution in [1.29, 1.82) is 0 Å². The number of nitrogens with one attached hydrogen (secondary N) is 1. The predicted octanol–water partition coefficient (Wildman–Crippen LogP) is 3.61. The lowest BCUT2D eigenvalue weighted by Crippen LogP contribution is -2.27. The molecule has 18 heavy (non-hydrogen) atoms. The molecule has 1 aliphatic rings. The molecule has 0 bridgehead atoms. The van der Waals surface area contributed by atoms with E-state index in [-0.39, 0.29) is 0 Å². The topological polar surface area (TPSA) is 21.3 Å². The predicted molar refractivity (Wildman–Crippen MR) is 75.8 cm³/mol. The molecule has 0 unspecified atom stereocenters. The van der Waals surface area contributed by atoms with Crippen molar-refractivity contribution in [3.63, 3.8) is 0 Å². The van der Waals surface area contributed by atoms with Crippen LogP contribution in [0.3, 0.4) is 0 Å². The molecule has 2 rings (SSSR count). The van der Waals surface area contributed by atoms with Gasteiger partial charge in [0.15, 0.2) is 0 Å². The molecule has 1 fully saturated rings. The van der Waals surface area contributed by atoms with E-state index in [0.29, 0.717) is 5.41 Å². The van der Waals surface area contributed by atoms with Crippen LogP contribution in [0, 0.1) is 11.3 Å². The van der Waals surface area contributed by atoms with Gasteiger partial charge in [0.05, 0.1) is 6.61 Å². The quantitative estimate of drug-likeness (QED) is 0.794. The zero-order chi connectivity index (χ0) is 13.0. The third-order valence-electron chi connectivity index (χ3n) is 4.13. The first-order valence-corrected chi connectivity index (χ1v) is 7.09. The molecule has 0 atom stereocenters. The van der Waals surface area contributed by atoms with Gasteiger partial charge in [0.2, 0.25) is 0 Å². The summed E-state index contributed by atoms with van der Waals surface area (Å²) in [6.07, 6.45) is 2.77. The minimum absolute atomic E-state index is 0.581. The highest BCUT2D eigenvalue weighted by molar-refractivity contribution is 5.28. The van der Waals surface area contributed by atoms with Crippen LogP contribution in [0.2, 0.25) is 0 Å². The van der Waals surface area contributed by atoms with Crippen LogP contribution in [0.5, 0.6) is 5.75 Å². The summed E-state index contributed by atoms with van der Waals surface area (Å²) in [5.41, 5.74) is 1.89. The van der Waals surface area contributed by atoms with Crippen LogP contribution in [0.25, 0.3) is 0 Å². The molecular weight excluding hydrogens is 222 g/mol. The second-order valence-corrected chi connectivity index (χ2v) is 5.70. The highest BCUT2D eigenvalue weighted by Gasteiger charge is 2.44. The number of hydrogen-bond acceptors (Lipinski definition) is 2. The Morgan fingerprint density at radius 1 is 1.33 bits per heavy atom. The Labute approximate surface area is 111 Å². The largest absolute Gasteiger partial charge is 0.494 e. The molecule has 0 amide bonds. The summed E-state index contributed by atoms with van der Waals surface area (Å²) in [7, 11) is 0. The van der Waals surface area contributed by atoms with Crippen molar-refractivity contribution in [2.24, 2.45) is 11.3 Å². The maximum atomic E-state index is 5.52. The Kier molecular flexibility index (Phi) is 4.28. The molecule has 0 aromatic heterocycles. The van der Waals surface area contributed by atoms with E-state index in [1.807, 2.05) is 13.0 Å². The monoisotopic (exact) mass is 247 g/mol. The molecule has 0 heterocycles. The van der Waals surface area contributed by atoms with Gasteiger partial charge in [-0.05, 0) is 48.8 Å². The fraction of sp³-hybridized carbons (Fsp3) is 0.625. The minimum atomic E-state index is 0.581. The molecule has 0 saturated heterocycles. The second kappa shape index (κ2) is 5.75. The van der Waals surface area contributed by atoms with Crippen LogP contribution in [0.4, 0.5) is 0 Å². The first-order chi connectivity index (χ1) is 8.66. The van der Waals surface area contributed by atoms with Gasteiger partial charge in [0.1, 0.15) is 5.75 Å². The zero-order valence-corrected chi connectivity index (χ0v) is 11.8. The Morgan fingerprint density at radius 3 is 2.72 bits per heavy atom. The Bertz CT molecular complexity index is 382. The SMILES string of the molecule is CCOc1cccc(CNCC2(C(C)C)CC2)c1. The highest BCUT2D eigenvalue weighted by Crippen LogP contribution is 2.51. The molecule has 1 N–H and O–H groups in total. The summed E-state index contributed by atoms with van der Waals surface area (Å²) in [5, 5.41) is 3.60. The van der Waals surface area contributed by atoms with Gasteiger partial charge in [-0.1, -0.05) is 26.0 Å². The molecule has 1 aromatic rings. The van der Waals surface area contributed by atoms with E-state index in [1.54, 1.807) is 0 Å². The average molecular weight is 247 g/mol. The van der Waals surface area contributed by atoms with Crippen LogP contribution >= 0.6 is 0 Å². The Balaban J connectivity index is 1.81. The minimum Gasteiger partial charge on any atom is -0.494 e. The average Bonchev–Trinajstić information content (AvgIpc) is 3.11. The molecule has 100 valence electrons. The molecule has 1 aromatic carbocycles. The zero-order valence-electron chi connectivity index (χ0n) is 11.8. The van der Waals surface area contributed by atoms with Gasteiger partial charge < -0.3 is 10.1 Å². The summed E-state index contributed by atoms with van der Waals surface area (Å²) < 4.78 is 5.52. The number of rotatable bonds is 7. The van der Waals surface area contributed by atoms with Crippen molar-refractivity contribution in [2.75, 3.05) is 13.2 Å². The van der Waals surface area contributed by atoms with Gasteiger partial charge in [0, 0.05) is 13.1 Å². The van der Waals surface area contributed by atoms with Crippen LogP contribution < -0.4 is 10.1 Å². The standard InChI is InChI=1S/C16H25NO/c1-4-18-15-7-5-6-14(10-15)11-17-12-16(8-9-16)13(2)3/h5-7,10,13,17H,4,8-9,11-12H2,1-3H3. The van der Waals surface area contributed by atoms with Crippen molar-refractivity contribution in [2.45, 2.75) is 40.2 Å². The van der Waals surface area contributed by atoms with E-state index >= 15 is 0 Å². The van der Waals surface area contributed by atoms with Crippen LogP contribution in [0.15, 0.2) is 24.3 Å². The first-order valence-electron chi connectivity index (χ1n) is 7.09. The van der Waals surface area contributed by atoms with E-state index in [2.05, 4.69) is 37.4 Å². The van der Waals surface area contributed by atoms with E-state index < -0.39 is 0 Å². The van der Waals surface area contributed by atoms with E-state index in [9.17, 15) is 0 Å². The van der Waals surface area contributed by atoms with Crippen molar-refractivity contribution >= 4 is 0 Å². The second-order valence-electron chi connectivity index (χ2n) is 5.70. The Hall–Kier alpha value is -1.02. The lowest BCUT2D eigenvalue weighted by molar-refractivity contribution is 0.335. The molecular formula is C16H25NO. The lowest BCUT2D eigenvalue weighted by Gasteiger charge is -2.20.